The lowest BCUT2D eigenvalue weighted by atomic mass is 9.81. The molecule has 1 fully saturated rings. The van der Waals surface area contributed by atoms with Gasteiger partial charge in [-0.2, -0.15) is 4.37 Å². The van der Waals surface area contributed by atoms with E-state index < -0.39 is 44.0 Å². The van der Waals surface area contributed by atoms with Gasteiger partial charge in [-0.1, -0.05) is 23.7 Å². The predicted molar refractivity (Wildman–Crippen MR) is 190 cm³/mol. The van der Waals surface area contributed by atoms with Crippen molar-refractivity contribution in [2.24, 2.45) is 5.92 Å². The van der Waals surface area contributed by atoms with Gasteiger partial charge in [0.05, 0.1) is 27.4 Å². The second-order valence-corrected chi connectivity index (χ2v) is 16.0. The van der Waals surface area contributed by atoms with E-state index in [0.717, 1.165) is 21.4 Å². The Morgan fingerprint density at radius 3 is 2.39 bits per heavy atom. The highest BCUT2D eigenvalue weighted by Crippen LogP contribution is 2.37. The van der Waals surface area contributed by atoms with Gasteiger partial charge in [0.15, 0.2) is 11.6 Å². The molecule has 0 spiro atoms. The first kappa shape index (κ1) is 38.0. The highest BCUT2D eigenvalue weighted by atomic mass is 35.5. The number of halogens is 3. The zero-order valence-electron chi connectivity index (χ0n) is 29.0. The summed E-state index contributed by atoms with van der Waals surface area (Å²) in [7, 11) is -1.86. The molecule has 1 saturated heterocycles. The standard InChI is InChI=1S/C35H39ClF2N4O7S2/c1-21-39-33(50-40-21)42(19-23-9-12-26(46-5)15-30(23)47-6)51(44,45)32-17-28(37)31(16-29(32)38)48-20-24-18-41(34(43)49-35(2,3)4)14-13-27(24)22-7-10-25(36)11-8-22/h7-12,15-17,24,27H,13-14,18-20H2,1-6H3. The molecule has 3 aromatic carbocycles. The molecule has 0 bridgehead atoms. The van der Waals surface area contributed by atoms with E-state index in [-0.39, 0.29) is 36.7 Å². The molecule has 16 heteroatoms. The summed E-state index contributed by atoms with van der Waals surface area (Å²) in [5, 5.41) is 0.513. The number of aromatic nitrogens is 2. The fourth-order valence-corrected chi connectivity index (χ4v) is 8.21. The zero-order chi connectivity index (χ0) is 37.1. The van der Waals surface area contributed by atoms with Gasteiger partial charge >= 0.3 is 6.09 Å². The molecule has 0 radical (unpaired) electrons. The third-order valence-electron chi connectivity index (χ3n) is 8.23. The van der Waals surface area contributed by atoms with Gasteiger partial charge in [-0.25, -0.2) is 31.3 Å². The van der Waals surface area contributed by atoms with Crippen LogP contribution in [0.2, 0.25) is 5.02 Å². The number of anilines is 1. The van der Waals surface area contributed by atoms with Gasteiger partial charge in [0.25, 0.3) is 10.0 Å². The van der Waals surface area contributed by atoms with E-state index in [4.69, 9.17) is 30.5 Å². The van der Waals surface area contributed by atoms with Gasteiger partial charge in [-0.15, -0.1) is 0 Å². The fourth-order valence-electron chi connectivity index (χ4n) is 5.76. The maximum Gasteiger partial charge on any atom is 0.410 e. The average molecular weight is 765 g/mol. The van der Waals surface area contributed by atoms with Gasteiger partial charge in [-0.05, 0) is 69.9 Å². The van der Waals surface area contributed by atoms with E-state index in [1.54, 1.807) is 62.9 Å². The Kier molecular flexibility index (Phi) is 11.6. The maximum atomic E-state index is 15.9. The van der Waals surface area contributed by atoms with Crippen LogP contribution in [0, 0.1) is 24.5 Å². The summed E-state index contributed by atoms with van der Waals surface area (Å²) in [6.07, 6.45) is 0.0688. The Morgan fingerprint density at radius 2 is 1.76 bits per heavy atom. The van der Waals surface area contributed by atoms with Crippen molar-refractivity contribution in [3.63, 3.8) is 0 Å². The molecule has 2 atom stereocenters. The van der Waals surface area contributed by atoms with Gasteiger partial charge in [-0.3, -0.25) is 0 Å². The minimum Gasteiger partial charge on any atom is -0.497 e. The van der Waals surface area contributed by atoms with Crippen LogP contribution in [0.1, 0.15) is 50.1 Å². The van der Waals surface area contributed by atoms with E-state index in [0.29, 0.717) is 53.0 Å². The number of aryl methyl sites for hydroxylation is 1. The quantitative estimate of drug-likeness (QED) is 0.152. The van der Waals surface area contributed by atoms with Gasteiger partial charge in [0.2, 0.25) is 5.13 Å². The Balaban J connectivity index is 1.42. The number of ether oxygens (including phenoxy) is 4. The average Bonchev–Trinajstić information content (AvgIpc) is 3.52. The first-order valence-corrected chi connectivity index (χ1v) is 18.6. The van der Waals surface area contributed by atoms with Crippen LogP contribution in [-0.2, 0) is 21.3 Å². The first-order valence-electron chi connectivity index (χ1n) is 16.0. The van der Waals surface area contributed by atoms with E-state index in [9.17, 15) is 13.2 Å². The second-order valence-electron chi connectivity index (χ2n) is 13.0. The van der Waals surface area contributed by atoms with E-state index in [1.807, 2.05) is 12.1 Å². The van der Waals surface area contributed by atoms with Crippen LogP contribution in [0.5, 0.6) is 17.2 Å². The number of methoxy groups -OCH3 is 2. The van der Waals surface area contributed by atoms with E-state index in [1.165, 1.54) is 14.2 Å². The molecule has 4 aromatic rings. The van der Waals surface area contributed by atoms with Crippen LogP contribution in [0.4, 0.5) is 18.7 Å². The van der Waals surface area contributed by atoms with E-state index in [2.05, 4.69) is 9.36 Å². The van der Waals surface area contributed by atoms with Crippen molar-refractivity contribution >= 4 is 44.4 Å². The van der Waals surface area contributed by atoms with Crippen LogP contribution in [-0.4, -0.2) is 68.3 Å². The lowest BCUT2D eigenvalue weighted by molar-refractivity contribution is 0.0110. The van der Waals surface area contributed by atoms with Crippen LogP contribution in [0.25, 0.3) is 0 Å². The summed E-state index contributed by atoms with van der Waals surface area (Å²) in [5.41, 5.74) is 0.661. The molecule has 51 heavy (non-hydrogen) atoms. The number of carbonyl (C=O) groups excluding carboxylic acids is 1. The summed E-state index contributed by atoms with van der Waals surface area (Å²) in [6.45, 7) is 7.12. The number of likely N-dealkylation sites (tertiary alicyclic amines) is 1. The third-order valence-corrected chi connectivity index (χ3v) is 11.2. The van der Waals surface area contributed by atoms with Crippen LogP contribution >= 0.6 is 23.1 Å². The summed E-state index contributed by atoms with van der Waals surface area (Å²) in [4.78, 5) is 17.8. The summed E-state index contributed by atoms with van der Waals surface area (Å²) in [5.74, 6) is -2.16. The number of benzene rings is 3. The molecule has 274 valence electrons. The molecule has 5 rings (SSSR count). The molecule has 1 aliphatic rings. The lowest BCUT2D eigenvalue weighted by Gasteiger charge is -2.39. The fraction of sp³-hybridized carbons (Fsp3) is 0.400. The van der Waals surface area contributed by atoms with Gasteiger partial charge < -0.3 is 23.8 Å². The minimum absolute atomic E-state index is 0.0504. The van der Waals surface area contributed by atoms with Crippen molar-refractivity contribution in [1.82, 2.24) is 14.3 Å². The number of hydrogen-bond acceptors (Lipinski definition) is 10. The van der Waals surface area contributed by atoms with Crippen molar-refractivity contribution < 1.29 is 40.9 Å². The molecular formula is C35H39ClF2N4O7S2. The first-order chi connectivity index (χ1) is 24.1. The predicted octanol–water partition coefficient (Wildman–Crippen LogP) is 7.61. The maximum absolute atomic E-state index is 15.9. The Labute approximate surface area is 305 Å². The number of carbonyl (C=O) groups is 1. The Bertz CT molecular complexity index is 1970. The van der Waals surface area contributed by atoms with Gasteiger partial charge in [0.1, 0.15) is 33.6 Å². The smallest absolute Gasteiger partial charge is 0.410 e. The normalized spacial score (nSPS) is 16.5. The number of amides is 1. The molecular weight excluding hydrogens is 726 g/mol. The molecule has 0 aliphatic carbocycles. The second kappa shape index (κ2) is 15.6. The van der Waals surface area contributed by atoms with Crippen molar-refractivity contribution in [2.75, 3.05) is 38.2 Å². The van der Waals surface area contributed by atoms with Crippen molar-refractivity contribution in [3.05, 3.63) is 88.2 Å². The lowest BCUT2D eigenvalue weighted by Crippen LogP contribution is -2.46. The molecule has 0 N–H and O–H groups in total. The number of hydrogen-bond donors (Lipinski definition) is 0. The molecule has 2 heterocycles. The summed E-state index contributed by atoms with van der Waals surface area (Å²) in [6, 6.07) is 13.4. The topological polar surface area (TPSA) is 120 Å². The van der Waals surface area contributed by atoms with Crippen LogP contribution < -0.4 is 18.5 Å². The highest BCUT2D eigenvalue weighted by molar-refractivity contribution is 7.93. The van der Waals surface area contributed by atoms with E-state index >= 15 is 8.78 Å². The zero-order valence-corrected chi connectivity index (χ0v) is 31.4. The minimum atomic E-state index is -4.75. The number of piperidine rings is 1. The molecule has 11 nitrogen and oxygen atoms in total. The number of nitrogens with zero attached hydrogens (tertiary/aromatic N) is 4. The highest BCUT2D eigenvalue weighted by Gasteiger charge is 2.36. The SMILES string of the molecule is COc1ccc(CN(c2nc(C)ns2)S(=O)(=O)c2cc(F)c(OCC3CN(C(=O)OC(C)(C)C)CCC3c3ccc(Cl)cc3)cc2F)c(OC)c1. The number of sulfonamides is 1. The van der Waals surface area contributed by atoms with Crippen molar-refractivity contribution in [2.45, 2.75) is 57.1 Å². The molecule has 2 unspecified atom stereocenters. The third kappa shape index (κ3) is 9.00. The van der Waals surface area contributed by atoms with Crippen molar-refractivity contribution in [1.29, 1.82) is 0 Å². The largest absolute Gasteiger partial charge is 0.497 e. The summed E-state index contributed by atoms with van der Waals surface area (Å²) < 4.78 is 86.8. The van der Waals surface area contributed by atoms with Gasteiger partial charge in [0, 0.05) is 59.3 Å². The Hall–Kier alpha value is -4.21. The molecule has 1 amide bonds. The molecule has 0 saturated carbocycles. The van der Waals surface area contributed by atoms with Crippen LogP contribution in [0.15, 0.2) is 59.5 Å². The van der Waals surface area contributed by atoms with Crippen LogP contribution in [0.3, 0.4) is 0 Å². The summed E-state index contributed by atoms with van der Waals surface area (Å²) >= 11 is 6.91. The monoisotopic (exact) mass is 764 g/mol. The molecule has 1 aliphatic heterocycles. The van der Waals surface area contributed by atoms with Crippen molar-refractivity contribution in [3.8, 4) is 17.2 Å². The Morgan fingerprint density at radius 1 is 1.04 bits per heavy atom. The number of rotatable bonds is 11. The molecule has 1 aromatic heterocycles.